The molecule has 2 heterocycles. The van der Waals surface area contributed by atoms with Gasteiger partial charge < -0.3 is 15.1 Å². The summed E-state index contributed by atoms with van der Waals surface area (Å²) in [5.41, 5.74) is 3.27. The van der Waals surface area contributed by atoms with Crippen molar-refractivity contribution in [1.29, 1.82) is 0 Å². The monoisotopic (exact) mass is 380 g/mol. The van der Waals surface area contributed by atoms with E-state index < -0.39 is 0 Å². The summed E-state index contributed by atoms with van der Waals surface area (Å²) in [6.45, 7) is 10.8. The zero-order valence-electron chi connectivity index (χ0n) is 17.0. The lowest BCUT2D eigenvalue weighted by Gasteiger charge is -2.35. The maximum atomic E-state index is 12.8. The Hall–Kier alpha value is -2.89. The van der Waals surface area contributed by atoms with Gasteiger partial charge in [-0.3, -0.25) is 14.6 Å². The molecule has 0 aliphatic carbocycles. The highest BCUT2D eigenvalue weighted by molar-refractivity contribution is 6.05. The van der Waals surface area contributed by atoms with Crippen LogP contribution in [-0.2, 0) is 10.2 Å². The maximum absolute atomic E-state index is 12.8. The minimum Gasteiger partial charge on any atom is -0.367 e. The van der Waals surface area contributed by atoms with Crippen LogP contribution in [0.5, 0.6) is 0 Å². The Labute approximate surface area is 166 Å². The fourth-order valence-corrected chi connectivity index (χ4v) is 3.45. The molecule has 1 aromatic heterocycles. The highest BCUT2D eigenvalue weighted by Crippen LogP contribution is 2.29. The summed E-state index contributed by atoms with van der Waals surface area (Å²) in [4.78, 5) is 32.6. The number of rotatable bonds is 3. The van der Waals surface area contributed by atoms with Crippen LogP contribution in [0, 0.1) is 0 Å². The van der Waals surface area contributed by atoms with Crippen molar-refractivity contribution in [3.63, 3.8) is 0 Å². The Morgan fingerprint density at radius 3 is 2.36 bits per heavy atom. The van der Waals surface area contributed by atoms with Crippen LogP contribution in [0.4, 0.5) is 11.4 Å². The number of hydrogen-bond donors (Lipinski definition) is 1. The van der Waals surface area contributed by atoms with E-state index in [1.165, 1.54) is 0 Å². The molecule has 6 heteroatoms. The van der Waals surface area contributed by atoms with Gasteiger partial charge in [0, 0.05) is 45.0 Å². The van der Waals surface area contributed by atoms with Gasteiger partial charge in [0.25, 0.3) is 5.91 Å². The Balaban J connectivity index is 1.75. The molecule has 1 saturated heterocycles. The largest absolute Gasteiger partial charge is 0.367 e. The first-order valence-electron chi connectivity index (χ1n) is 9.62. The summed E-state index contributed by atoms with van der Waals surface area (Å²) in [6.07, 6.45) is 3.35. The number of piperazine rings is 1. The van der Waals surface area contributed by atoms with E-state index >= 15 is 0 Å². The van der Waals surface area contributed by atoms with Crippen LogP contribution in [0.1, 0.15) is 43.6 Å². The second kappa shape index (κ2) is 8.00. The molecule has 0 spiro atoms. The van der Waals surface area contributed by atoms with E-state index in [1.54, 1.807) is 19.3 Å². The molecule has 0 saturated carbocycles. The van der Waals surface area contributed by atoms with Crippen LogP contribution in [0.15, 0.2) is 42.7 Å². The minimum atomic E-state index is -0.173. The standard InChI is InChI=1S/C22H28N4O2/c1-16(27)25-9-11-26(12-10-25)18-13-17(14-23-15-18)21(28)24-20-8-6-5-7-19(20)22(2,3)4/h5-8,13-15H,9-12H2,1-4H3,(H,24,28). The smallest absolute Gasteiger partial charge is 0.257 e. The zero-order chi connectivity index (χ0) is 20.3. The van der Waals surface area contributed by atoms with Crippen LogP contribution >= 0.6 is 0 Å². The summed E-state index contributed by atoms with van der Waals surface area (Å²) in [6, 6.07) is 9.74. The van der Waals surface area contributed by atoms with Crippen LogP contribution in [0.2, 0.25) is 0 Å². The average Bonchev–Trinajstić information content (AvgIpc) is 2.68. The molecule has 0 radical (unpaired) electrons. The molecule has 148 valence electrons. The number of para-hydroxylation sites is 1. The lowest BCUT2D eigenvalue weighted by Crippen LogP contribution is -2.48. The van der Waals surface area contributed by atoms with Gasteiger partial charge in [-0.15, -0.1) is 0 Å². The number of aromatic nitrogens is 1. The van der Waals surface area contributed by atoms with Gasteiger partial charge in [0.2, 0.25) is 5.91 Å². The number of pyridine rings is 1. The molecule has 1 N–H and O–H groups in total. The highest BCUT2D eigenvalue weighted by Gasteiger charge is 2.21. The molecule has 1 fully saturated rings. The first-order chi connectivity index (χ1) is 13.3. The molecule has 1 aliphatic heterocycles. The van der Waals surface area contributed by atoms with Crippen molar-refractivity contribution in [3.8, 4) is 0 Å². The van der Waals surface area contributed by atoms with Crippen molar-refractivity contribution in [1.82, 2.24) is 9.88 Å². The Bertz CT molecular complexity index is 865. The Morgan fingerprint density at radius 2 is 1.71 bits per heavy atom. The molecular weight excluding hydrogens is 352 g/mol. The molecule has 1 aromatic carbocycles. The molecule has 0 bridgehead atoms. The van der Waals surface area contributed by atoms with Crippen LogP contribution in [0.25, 0.3) is 0 Å². The third kappa shape index (κ3) is 4.50. The molecule has 2 aromatic rings. The summed E-state index contributed by atoms with van der Waals surface area (Å²) >= 11 is 0. The van der Waals surface area contributed by atoms with E-state index in [0.717, 1.165) is 30.0 Å². The molecule has 28 heavy (non-hydrogen) atoms. The van der Waals surface area contributed by atoms with E-state index in [1.807, 2.05) is 35.2 Å². The molecule has 3 rings (SSSR count). The molecule has 6 nitrogen and oxygen atoms in total. The van der Waals surface area contributed by atoms with Crippen molar-refractivity contribution in [3.05, 3.63) is 53.9 Å². The Morgan fingerprint density at radius 1 is 1.04 bits per heavy atom. The fraction of sp³-hybridized carbons (Fsp3) is 0.409. The molecule has 0 atom stereocenters. The second-order valence-corrected chi connectivity index (χ2v) is 8.17. The van der Waals surface area contributed by atoms with Gasteiger partial charge in [0.1, 0.15) is 0 Å². The number of carbonyl (C=O) groups is 2. The van der Waals surface area contributed by atoms with E-state index in [0.29, 0.717) is 18.7 Å². The normalized spacial score (nSPS) is 14.7. The van der Waals surface area contributed by atoms with Gasteiger partial charge in [-0.05, 0) is 23.1 Å². The number of benzene rings is 1. The first kappa shape index (κ1) is 19.9. The molecule has 0 unspecified atom stereocenters. The lowest BCUT2D eigenvalue weighted by atomic mass is 9.86. The predicted molar refractivity (Wildman–Crippen MR) is 112 cm³/mol. The second-order valence-electron chi connectivity index (χ2n) is 8.17. The molecule has 1 aliphatic rings. The maximum Gasteiger partial charge on any atom is 0.257 e. The van der Waals surface area contributed by atoms with Gasteiger partial charge in [0.15, 0.2) is 0 Å². The quantitative estimate of drug-likeness (QED) is 0.887. The summed E-state index contributed by atoms with van der Waals surface area (Å²) in [5, 5.41) is 3.04. The molecule has 2 amide bonds. The van der Waals surface area contributed by atoms with E-state index in [-0.39, 0.29) is 17.2 Å². The van der Waals surface area contributed by atoms with Crippen molar-refractivity contribution >= 4 is 23.2 Å². The predicted octanol–water partition coefficient (Wildman–Crippen LogP) is 3.30. The number of hydrogen-bond acceptors (Lipinski definition) is 4. The van der Waals surface area contributed by atoms with Crippen molar-refractivity contribution < 1.29 is 9.59 Å². The van der Waals surface area contributed by atoms with Gasteiger partial charge in [0.05, 0.1) is 17.4 Å². The van der Waals surface area contributed by atoms with Gasteiger partial charge >= 0.3 is 0 Å². The van der Waals surface area contributed by atoms with Crippen molar-refractivity contribution in [2.24, 2.45) is 0 Å². The number of nitrogens with zero attached hydrogens (tertiary/aromatic N) is 3. The number of anilines is 2. The fourth-order valence-electron chi connectivity index (χ4n) is 3.45. The third-order valence-corrected chi connectivity index (χ3v) is 5.06. The average molecular weight is 380 g/mol. The molecular formula is C22H28N4O2. The van der Waals surface area contributed by atoms with E-state index in [2.05, 4.69) is 36.0 Å². The van der Waals surface area contributed by atoms with Gasteiger partial charge in [-0.25, -0.2) is 0 Å². The van der Waals surface area contributed by atoms with Gasteiger partial charge in [-0.1, -0.05) is 39.0 Å². The van der Waals surface area contributed by atoms with Crippen molar-refractivity contribution in [2.75, 3.05) is 36.4 Å². The summed E-state index contributed by atoms with van der Waals surface area (Å²) in [7, 11) is 0. The number of carbonyl (C=O) groups excluding carboxylic acids is 2. The van der Waals surface area contributed by atoms with E-state index in [4.69, 9.17) is 0 Å². The van der Waals surface area contributed by atoms with Crippen LogP contribution in [-0.4, -0.2) is 47.9 Å². The Kier molecular flexibility index (Phi) is 5.68. The lowest BCUT2D eigenvalue weighted by molar-refractivity contribution is -0.129. The highest BCUT2D eigenvalue weighted by atomic mass is 16.2. The number of nitrogens with one attached hydrogen (secondary N) is 1. The van der Waals surface area contributed by atoms with Crippen molar-refractivity contribution in [2.45, 2.75) is 33.1 Å². The van der Waals surface area contributed by atoms with Crippen LogP contribution in [0.3, 0.4) is 0 Å². The topological polar surface area (TPSA) is 65.5 Å². The SMILES string of the molecule is CC(=O)N1CCN(c2cncc(C(=O)Nc3ccccc3C(C)(C)C)c2)CC1. The number of amides is 2. The summed E-state index contributed by atoms with van der Waals surface area (Å²) < 4.78 is 0. The minimum absolute atomic E-state index is 0.0691. The van der Waals surface area contributed by atoms with Crippen LogP contribution < -0.4 is 10.2 Å². The third-order valence-electron chi connectivity index (χ3n) is 5.06. The van der Waals surface area contributed by atoms with E-state index in [9.17, 15) is 9.59 Å². The first-order valence-corrected chi connectivity index (χ1v) is 9.62. The van der Waals surface area contributed by atoms with Gasteiger partial charge in [-0.2, -0.15) is 0 Å². The summed E-state index contributed by atoms with van der Waals surface area (Å²) in [5.74, 6) is -0.0724. The zero-order valence-corrected chi connectivity index (χ0v) is 17.0.